The van der Waals surface area contributed by atoms with Gasteiger partial charge in [-0.05, 0) is 23.9 Å². The molecule has 0 aromatic carbocycles. The minimum atomic E-state index is -3.00. The second kappa shape index (κ2) is 3.35. The smallest absolute Gasteiger partial charge is 0.188 e. The molecule has 0 saturated carbocycles. The molecule has 9 heavy (non-hydrogen) atoms. The van der Waals surface area contributed by atoms with Crippen molar-refractivity contribution in [3.8, 4) is 0 Å². The van der Waals surface area contributed by atoms with Crippen molar-refractivity contribution in [1.82, 2.24) is 0 Å². The molecular formula is C6H11ClF2. The highest BCUT2D eigenvalue weighted by atomic mass is 35.5. The zero-order valence-corrected chi connectivity index (χ0v) is 6.38. The second-order valence-electron chi connectivity index (χ2n) is 2.55. The summed E-state index contributed by atoms with van der Waals surface area (Å²) in [4.78, 5) is 0. The lowest BCUT2D eigenvalue weighted by atomic mass is 10.1. The first kappa shape index (κ1) is 9.15. The molecule has 3 heteroatoms. The van der Waals surface area contributed by atoms with E-state index in [0.717, 1.165) is 0 Å². The monoisotopic (exact) mass is 156 g/mol. The van der Waals surface area contributed by atoms with Crippen molar-refractivity contribution in [2.45, 2.75) is 32.1 Å². The van der Waals surface area contributed by atoms with Crippen LogP contribution in [0.5, 0.6) is 0 Å². The normalized spacial score (nSPS) is 12.7. The van der Waals surface area contributed by atoms with Crippen molar-refractivity contribution in [2.24, 2.45) is 5.92 Å². The third-order valence-corrected chi connectivity index (χ3v) is 1.19. The van der Waals surface area contributed by atoms with E-state index in [4.69, 9.17) is 0 Å². The Hall–Kier alpha value is 0.150. The van der Waals surface area contributed by atoms with Crippen molar-refractivity contribution < 1.29 is 8.78 Å². The van der Waals surface area contributed by atoms with Gasteiger partial charge in [0.05, 0.1) is 0 Å². The molecule has 0 aromatic rings. The van der Waals surface area contributed by atoms with Gasteiger partial charge in [0.25, 0.3) is 0 Å². The molecule has 0 N–H and O–H groups in total. The molecule has 0 saturated heterocycles. The summed E-state index contributed by atoms with van der Waals surface area (Å²) in [6.45, 7) is 3.78. The molecule has 0 fully saturated rings. The number of hydrogen-bond donors (Lipinski definition) is 0. The van der Waals surface area contributed by atoms with E-state index in [-0.39, 0.29) is 6.42 Å². The SMILES string of the molecule is CC(C)CCC(F)(F)Cl. The van der Waals surface area contributed by atoms with Crippen molar-refractivity contribution in [1.29, 1.82) is 0 Å². The van der Waals surface area contributed by atoms with E-state index in [1.54, 1.807) is 0 Å². The average Bonchev–Trinajstić information content (AvgIpc) is 1.59. The quantitative estimate of drug-likeness (QED) is 0.551. The van der Waals surface area contributed by atoms with Crippen LogP contribution in [0.3, 0.4) is 0 Å². The zero-order valence-electron chi connectivity index (χ0n) is 5.63. The first-order valence-electron chi connectivity index (χ1n) is 2.98. The van der Waals surface area contributed by atoms with Gasteiger partial charge in [-0.2, -0.15) is 8.78 Å². The van der Waals surface area contributed by atoms with E-state index in [0.29, 0.717) is 12.3 Å². The van der Waals surface area contributed by atoms with E-state index in [1.807, 2.05) is 13.8 Å². The molecule has 0 unspecified atom stereocenters. The zero-order chi connectivity index (χ0) is 7.49. The first-order valence-corrected chi connectivity index (χ1v) is 3.36. The Morgan fingerprint density at radius 3 is 2.00 bits per heavy atom. The van der Waals surface area contributed by atoms with Crippen LogP contribution in [0.4, 0.5) is 8.78 Å². The summed E-state index contributed by atoms with van der Waals surface area (Å²) < 4.78 is 23.7. The highest BCUT2D eigenvalue weighted by Gasteiger charge is 2.23. The molecule has 0 radical (unpaired) electrons. The number of rotatable bonds is 3. The molecule has 0 aliphatic heterocycles. The maximum atomic E-state index is 11.8. The highest BCUT2D eigenvalue weighted by Crippen LogP contribution is 2.26. The van der Waals surface area contributed by atoms with Gasteiger partial charge in [-0.15, -0.1) is 0 Å². The van der Waals surface area contributed by atoms with Crippen molar-refractivity contribution in [3.05, 3.63) is 0 Å². The summed E-state index contributed by atoms with van der Waals surface area (Å²) in [7, 11) is 0. The predicted octanol–water partition coefficient (Wildman–Crippen LogP) is 3.25. The van der Waals surface area contributed by atoms with Gasteiger partial charge < -0.3 is 0 Å². The maximum absolute atomic E-state index is 11.8. The molecular weight excluding hydrogens is 146 g/mol. The van der Waals surface area contributed by atoms with Crippen LogP contribution in [0, 0.1) is 5.92 Å². The van der Waals surface area contributed by atoms with Crippen molar-refractivity contribution in [2.75, 3.05) is 0 Å². The van der Waals surface area contributed by atoms with E-state index in [1.165, 1.54) is 0 Å². The van der Waals surface area contributed by atoms with Crippen LogP contribution < -0.4 is 0 Å². The molecule has 0 aliphatic rings. The Morgan fingerprint density at radius 1 is 1.44 bits per heavy atom. The Balaban J connectivity index is 3.28. The Bertz CT molecular complexity index is 75.6. The third kappa shape index (κ3) is 8.15. The molecule has 0 amide bonds. The van der Waals surface area contributed by atoms with Gasteiger partial charge in [0.2, 0.25) is 0 Å². The van der Waals surface area contributed by atoms with Gasteiger partial charge in [0.1, 0.15) is 0 Å². The van der Waals surface area contributed by atoms with Gasteiger partial charge in [-0.3, -0.25) is 0 Å². The average molecular weight is 157 g/mol. The molecule has 0 rings (SSSR count). The lowest BCUT2D eigenvalue weighted by Crippen LogP contribution is -2.06. The maximum Gasteiger partial charge on any atom is 0.321 e. The molecule has 0 aliphatic carbocycles. The summed E-state index contributed by atoms with van der Waals surface area (Å²) >= 11 is 4.64. The van der Waals surface area contributed by atoms with Crippen LogP contribution in [0.1, 0.15) is 26.7 Å². The lowest BCUT2D eigenvalue weighted by molar-refractivity contribution is 0.0795. The summed E-state index contributed by atoms with van der Waals surface area (Å²) in [6, 6.07) is 0. The van der Waals surface area contributed by atoms with Crippen LogP contribution in [0.2, 0.25) is 0 Å². The molecule has 0 aromatic heterocycles. The van der Waals surface area contributed by atoms with E-state index >= 15 is 0 Å². The standard InChI is InChI=1S/C6H11ClF2/c1-5(2)3-4-6(7,8)9/h5H,3-4H2,1-2H3. The third-order valence-electron chi connectivity index (χ3n) is 1.01. The van der Waals surface area contributed by atoms with E-state index < -0.39 is 5.38 Å². The van der Waals surface area contributed by atoms with Gasteiger partial charge in [-0.1, -0.05) is 13.8 Å². The minimum absolute atomic E-state index is 0.216. The lowest BCUT2D eigenvalue weighted by Gasteiger charge is -2.08. The van der Waals surface area contributed by atoms with Crippen LogP contribution >= 0.6 is 11.6 Å². The minimum Gasteiger partial charge on any atom is -0.188 e. The fourth-order valence-electron chi connectivity index (χ4n) is 0.452. The molecule has 0 nitrogen and oxygen atoms in total. The summed E-state index contributed by atoms with van der Waals surface area (Å²) in [6.07, 6.45) is 0.267. The topological polar surface area (TPSA) is 0 Å². The summed E-state index contributed by atoms with van der Waals surface area (Å²) in [5, 5.41) is -3.00. The van der Waals surface area contributed by atoms with Crippen LogP contribution in [0.15, 0.2) is 0 Å². The fourth-order valence-corrected chi connectivity index (χ4v) is 0.561. The molecule has 0 heterocycles. The van der Waals surface area contributed by atoms with Gasteiger partial charge >= 0.3 is 5.38 Å². The molecule has 0 spiro atoms. The Morgan fingerprint density at radius 2 is 1.89 bits per heavy atom. The molecule has 0 bridgehead atoms. The van der Waals surface area contributed by atoms with Gasteiger partial charge in [0, 0.05) is 6.42 Å². The van der Waals surface area contributed by atoms with Crippen LogP contribution in [0.25, 0.3) is 0 Å². The summed E-state index contributed by atoms with van der Waals surface area (Å²) in [5.74, 6) is 0.301. The number of alkyl halides is 3. The van der Waals surface area contributed by atoms with Gasteiger partial charge in [0.15, 0.2) is 0 Å². The Kier molecular flexibility index (Phi) is 3.41. The number of hydrogen-bond acceptors (Lipinski definition) is 0. The van der Waals surface area contributed by atoms with Crippen LogP contribution in [-0.4, -0.2) is 5.38 Å². The van der Waals surface area contributed by atoms with Crippen molar-refractivity contribution in [3.63, 3.8) is 0 Å². The van der Waals surface area contributed by atoms with E-state index in [2.05, 4.69) is 11.6 Å². The van der Waals surface area contributed by atoms with Crippen LogP contribution in [-0.2, 0) is 0 Å². The second-order valence-corrected chi connectivity index (χ2v) is 3.10. The highest BCUT2D eigenvalue weighted by molar-refractivity contribution is 6.21. The fraction of sp³-hybridized carbons (Fsp3) is 1.00. The van der Waals surface area contributed by atoms with Crippen molar-refractivity contribution >= 4 is 11.6 Å². The van der Waals surface area contributed by atoms with E-state index in [9.17, 15) is 8.78 Å². The predicted molar refractivity (Wildman–Crippen MR) is 34.9 cm³/mol. The largest absolute Gasteiger partial charge is 0.321 e. The Labute approximate surface area is 59.2 Å². The molecule has 0 atom stereocenters. The number of halogens is 3. The summed E-state index contributed by atoms with van der Waals surface area (Å²) in [5.41, 5.74) is 0. The van der Waals surface area contributed by atoms with Gasteiger partial charge in [-0.25, -0.2) is 0 Å². The molecule has 56 valence electrons. The first-order chi connectivity index (χ1) is 3.92.